The minimum absolute atomic E-state index is 0.0870. The standard InChI is InChI=1S/C23H26N2O3/c1-16-6-12-21-19(15-16)5-4-14-25(21)23(27)17(2)24-22(26)13-9-18-7-10-20(28-3)11-8-18/h6-13,15,17H,4-5,14H2,1-3H3,(H,24,26)/b13-9+. The summed E-state index contributed by atoms with van der Waals surface area (Å²) in [7, 11) is 1.61. The number of anilines is 1. The number of nitrogens with one attached hydrogen (secondary N) is 1. The van der Waals surface area contributed by atoms with E-state index in [9.17, 15) is 9.59 Å². The fraction of sp³-hybridized carbons (Fsp3) is 0.304. The average molecular weight is 378 g/mol. The zero-order valence-electron chi connectivity index (χ0n) is 16.6. The van der Waals surface area contributed by atoms with Crippen LogP contribution in [0.4, 0.5) is 5.69 Å². The van der Waals surface area contributed by atoms with E-state index in [0.29, 0.717) is 6.54 Å². The van der Waals surface area contributed by atoms with Crippen LogP contribution < -0.4 is 15.0 Å². The smallest absolute Gasteiger partial charge is 0.249 e. The summed E-state index contributed by atoms with van der Waals surface area (Å²) in [5.41, 5.74) is 4.22. The van der Waals surface area contributed by atoms with E-state index in [2.05, 4.69) is 18.3 Å². The lowest BCUT2D eigenvalue weighted by molar-refractivity contribution is -0.124. The molecule has 3 rings (SSSR count). The highest BCUT2D eigenvalue weighted by molar-refractivity contribution is 6.01. The summed E-state index contributed by atoms with van der Waals surface area (Å²) in [6.07, 6.45) is 5.07. The number of hydrogen-bond donors (Lipinski definition) is 1. The van der Waals surface area contributed by atoms with Gasteiger partial charge in [-0.2, -0.15) is 0 Å². The molecule has 0 bridgehead atoms. The molecule has 1 aliphatic heterocycles. The van der Waals surface area contributed by atoms with Crippen LogP contribution in [0, 0.1) is 6.92 Å². The van der Waals surface area contributed by atoms with Gasteiger partial charge in [-0.15, -0.1) is 0 Å². The minimum atomic E-state index is -0.597. The highest BCUT2D eigenvalue weighted by atomic mass is 16.5. The van der Waals surface area contributed by atoms with Crippen molar-refractivity contribution in [3.8, 4) is 5.75 Å². The molecule has 0 spiro atoms. The Bertz CT molecular complexity index is 887. The molecule has 146 valence electrons. The van der Waals surface area contributed by atoms with Crippen molar-refractivity contribution in [1.82, 2.24) is 5.32 Å². The zero-order chi connectivity index (χ0) is 20.1. The molecule has 0 radical (unpaired) electrons. The van der Waals surface area contributed by atoms with Gasteiger partial charge in [0.1, 0.15) is 11.8 Å². The third-order valence-electron chi connectivity index (χ3n) is 4.89. The number of methoxy groups -OCH3 is 1. The lowest BCUT2D eigenvalue weighted by atomic mass is 9.99. The van der Waals surface area contributed by atoms with Gasteiger partial charge in [0.25, 0.3) is 0 Å². The largest absolute Gasteiger partial charge is 0.497 e. The Morgan fingerprint density at radius 3 is 2.64 bits per heavy atom. The van der Waals surface area contributed by atoms with E-state index in [0.717, 1.165) is 29.8 Å². The predicted octanol–water partition coefficient (Wildman–Crippen LogP) is 3.50. The molecule has 5 heteroatoms. The number of aryl methyl sites for hydroxylation is 2. The highest BCUT2D eigenvalue weighted by Gasteiger charge is 2.26. The van der Waals surface area contributed by atoms with Crippen LogP contribution in [0.1, 0.15) is 30.0 Å². The first-order valence-corrected chi connectivity index (χ1v) is 9.51. The van der Waals surface area contributed by atoms with Crippen molar-refractivity contribution >= 4 is 23.6 Å². The molecule has 28 heavy (non-hydrogen) atoms. The number of ether oxygens (including phenoxy) is 1. The number of hydrogen-bond acceptors (Lipinski definition) is 3. The van der Waals surface area contributed by atoms with E-state index < -0.39 is 6.04 Å². The molecule has 1 unspecified atom stereocenters. The molecular formula is C23H26N2O3. The number of benzene rings is 2. The van der Waals surface area contributed by atoms with Crippen molar-refractivity contribution in [3.05, 3.63) is 65.2 Å². The molecule has 1 heterocycles. The molecule has 0 saturated carbocycles. The molecular weight excluding hydrogens is 352 g/mol. The van der Waals surface area contributed by atoms with Crippen molar-refractivity contribution in [1.29, 1.82) is 0 Å². The first kappa shape index (κ1) is 19.7. The van der Waals surface area contributed by atoms with E-state index in [1.807, 2.05) is 36.4 Å². The van der Waals surface area contributed by atoms with Gasteiger partial charge in [0.05, 0.1) is 7.11 Å². The van der Waals surface area contributed by atoms with Crippen LogP contribution in [0.2, 0.25) is 0 Å². The topological polar surface area (TPSA) is 58.6 Å². The summed E-state index contributed by atoms with van der Waals surface area (Å²) < 4.78 is 5.12. The van der Waals surface area contributed by atoms with Gasteiger partial charge in [-0.1, -0.05) is 29.8 Å². The van der Waals surface area contributed by atoms with Crippen LogP contribution in [-0.4, -0.2) is 31.5 Å². The molecule has 1 atom stereocenters. The van der Waals surface area contributed by atoms with Crippen molar-refractivity contribution in [2.45, 2.75) is 32.7 Å². The lowest BCUT2D eigenvalue weighted by Gasteiger charge is -2.31. The molecule has 1 N–H and O–H groups in total. The molecule has 1 aliphatic rings. The third kappa shape index (κ3) is 4.60. The molecule has 0 aromatic heterocycles. The van der Waals surface area contributed by atoms with Gasteiger partial charge in [-0.3, -0.25) is 9.59 Å². The molecule has 2 aromatic rings. The van der Waals surface area contributed by atoms with E-state index in [-0.39, 0.29) is 11.8 Å². The van der Waals surface area contributed by atoms with E-state index >= 15 is 0 Å². The summed E-state index contributed by atoms with van der Waals surface area (Å²) in [5.74, 6) is 0.381. The summed E-state index contributed by atoms with van der Waals surface area (Å²) in [6, 6.07) is 13.0. The zero-order valence-corrected chi connectivity index (χ0v) is 16.6. The van der Waals surface area contributed by atoms with E-state index in [1.54, 1.807) is 25.0 Å². The SMILES string of the molecule is COc1ccc(/C=C/C(=O)NC(C)C(=O)N2CCCc3cc(C)ccc32)cc1. The number of fused-ring (bicyclic) bond motifs is 1. The van der Waals surface area contributed by atoms with Crippen molar-refractivity contribution in [2.75, 3.05) is 18.6 Å². The maximum absolute atomic E-state index is 12.9. The molecule has 2 aromatic carbocycles. The summed E-state index contributed by atoms with van der Waals surface area (Å²) >= 11 is 0. The van der Waals surface area contributed by atoms with E-state index in [1.165, 1.54) is 17.2 Å². The lowest BCUT2D eigenvalue weighted by Crippen LogP contribution is -2.48. The van der Waals surface area contributed by atoms with Crippen molar-refractivity contribution in [3.63, 3.8) is 0 Å². The highest BCUT2D eigenvalue weighted by Crippen LogP contribution is 2.28. The quantitative estimate of drug-likeness (QED) is 0.810. The van der Waals surface area contributed by atoms with Crippen LogP contribution in [-0.2, 0) is 16.0 Å². The van der Waals surface area contributed by atoms with Gasteiger partial charge >= 0.3 is 0 Å². The minimum Gasteiger partial charge on any atom is -0.497 e. The van der Waals surface area contributed by atoms with Gasteiger partial charge in [0, 0.05) is 18.3 Å². The monoisotopic (exact) mass is 378 g/mol. The van der Waals surface area contributed by atoms with Crippen LogP contribution >= 0.6 is 0 Å². The summed E-state index contributed by atoms with van der Waals surface area (Å²) in [5, 5.41) is 2.77. The summed E-state index contributed by atoms with van der Waals surface area (Å²) in [4.78, 5) is 26.9. The Morgan fingerprint density at radius 2 is 1.93 bits per heavy atom. The average Bonchev–Trinajstić information content (AvgIpc) is 2.71. The van der Waals surface area contributed by atoms with Gasteiger partial charge < -0.3 is 15.0 Å². The second-order valence-electron chi connectivity index (χ2n) is 7.06. The molecule has 0 fully saturated rings. The Hall–Kier alpha value is -3.08. The van der Waals surface area contributed by atoms with Gasteiger partial charge in [0.15, 0.2) is 0 Å². The van der Waals surface area contributed by atoms with Crippen molar-refractivity contribution in [2.24, 2.45) is 0 Å². The molecule has 2 amide bonds. The Kier molecular flexibility index (Phi) is 6.14. The molecule has 0 aliphatic carbocycles. The van der Waals surface area contributed by atoms with Crippen molar-refractivity contribution < 1.29 is 14.3 Å². The maximum Gasteiger partial charge on any atom is 0.249 e. The number of carbonyl (C=O) groups excluding carboxylic acids is 2. The molecule has 5 nitrogen and oxygen atoms in total. The van der Waals surface area contributed by atoms with Gasteiger partial charge in [0.2, 0.25) is 11.8 Å². The Labute approximate surface area is 166 Å². The van der Waals surface area contributed by atoms with Crippen LogP contribution in [0.3, 0.4) is 0 Å². The second-order valence-corrected chi connectivity index (χ2v) is 7.06. The predicted molar refractivity (Wildman–Crippen MR) is 111 cm³/mol. The van der Waals surface area contributed by atoms with Crippen LogP contribution in [0.15, 0.2) is 48.5 Å². The van der Waals surface area contributed by atoms with Gasteiger partial charge in [-0.05, 0) is 62.1 Å². The first-order valence-electron chi connectivity index (χ1n) is 9.51. The fourth-order valence-corrected chi connectivity index (χ4v) is 3.40. The normalized spacial score (nSPS) is 14.5. The Balaban J connectivity index is 1.62. The number of nitrogens with zero attached hydrogens (tertiary/aromatic N) is 1. The number of rotatable bonds is 5. The maximum atomic E-state index is 12.9. The third-order valence-corrected chi connectivity index (χ3v) is 4.89. The molecule has 0 saturated heterocycles. The van der Waals surface area contributed by atoms with E-state index in [4.69, 9.17) is 4.74 Å². The number of carbonyl (C=O) groups is 2. The Morgan fingerprint density at radius 1 is 1.18 bits per heavy atom. The first-order chi connectivity index (χ1) is 13.5. The van der Waals surface area contributed by atoms with Crippen LogP contribution in [0.5, 0.6) is 5.75 Å². The van der Waals surface area contributed by atoms with Gasteiger partial charge in [-0.25, -0.2) is 0 Å². The number of amides is 2. The summed E-state index contributed by atoms with van der Waals surface area (Å²) in [6.45, 7) is 4.46. The fourth-order valence-electron chi connectivity index (χ4n) is 3.40. The second kappa shape index (κ2) is 8.74. The van der Waals surface area contributed by atoms with Crippen LogP contribution in [0.25, 0.3) is 6.08 Å².